The summed E-state index contributed by atoms with van der Waals surface area (Å²) >= 11 is 0. The highest BCUT2D eigenvalue weighted by atomic mass is 32.2. The van der Waals surface area contributed by atoms with Crippen LogP contribution in [0.1, 0.15) is 18.9 Å². The fourth-order valence-electron chi connectivity index (χ4n) is 1.20. The standard InChI is InChI=1S/C7H11N5O2S/c8-7(13)11-15(9,14)6-3-4-12(10-6)5-1-2-5/h3-5H,1-2H2,(H4,8,9,11,13,14). The molecule has 7 nitrogen and oxygen atoms in total. The summed E-state index contributed by atoms with van der Waals surface area (Å²) in [6.45, 7) is 0. The predicted octanol–water partition coefficient (Wildman–Crippen LogP) is -0.00270. The monoisotopic (exact) mass is 229 g/mol. The van der Waals surface area contributed by atoms with Crippen LogP contribution in [0.4, 0.5) is 4.79 Å². The van der Waals surface area contributed by atoms with E-state index in [0.29, 0.717) is 6.04 Å². The smallest absolute Gasteiger partial charge is 0.347 e. The number of carbonyl (C=O) groups excluding carboxylic acids is 1. The quantitative estimate of drug-likeness (QED) is 0.743. The minimum absolute atomic E-state index is 0.0909. The van der Waals surface area contributed by atoms with Gasteiger partial charge in [-0.3, -0.25) is 4.68 Å². The zero-order valence-corrected chi connectivity index (χ0v) is 8.68. The summed E-state index contributed by atoms with van der Waals surface area (Å²) in [5.74, 6) is 0. The van der Waals surface area contributed by atoms with Crippen molar-refractivity contribution in [1.82, 2.24) is 9.78 Å². The van der Waals surface area contributed by atoms with Gasteiger partial charge in [-0.2, -0.15) is 5.10 Å². The first-order valence-corrected chi connectivity index (χ1v) is 5.96. The molecule has 2 amide bonds. The Hall–Kier alpha value is -1.41. The van der Waals surface area contributed by atoms with Crippen molar-refractivity contribution in [2.75, 3.05) is 0 Å². The average molecular weight is 229 g/mol. The van der Waals surface area contributed by atoms with Crippen LogP contribution in [-0.4, -0.2) is 20.0 Å². The van der Waals surface area contributed by atoms with Gasteiger partial charge < -0.3 is 5.73 Å². The van der Waals surface area contributed by atoms with Gasteiger partial charge in [-0.05, 0) is 18.9 Å². The Kier molecular flexibility index (Phi) is 2.24. The van der Waals surface area contributed by atoms with Crippen molar-refractivity contribution in [2.24, 2.45) is 15.2 Å². The normalized spacial score (nSPS) is 19.5. The first-order chi connectivity index (χ1) is 6.99. The van der Waals surface area contributed by atoms with Gasteiger partial charge in [-0.1, -0.05) is 0 Å². The van der Waals surface area contributed by atoms with Crippen LogP contribution in [-0.2, 0) is 9.92 Å². The van der Waals surface area contributed by atoms with Gasteiger partial charge in [0.2, 0.25) is 0 Å². The van der Waals surface area contributed by atoms with Gasteiger partial charge in [0, 0.05) is 6.20 Å². The molecule has 4 N–H and O–H groups in total. The molecular formula is C7H11N5O2S. The van der Waals surface area contributed by atoms with E-state index in [-0.39, 0.29) is 5.03 Å². The predicted molar refractivity (Wildman–Crippen MR) is 53.1 cm³/mol. The van der Waals surface area contributed by atoms with E-state index < -0.39 is 15.9 Å². The van der Waals surface area contributed by atoms with Gasteiger partial charge in [0.1, 0.15) is 0 Å². The maximum absolute atomic E-state index is 11.7. The highest BCUT2D eigenvalue weighted by Crippen LogP contribution is 2.34. The number of hydrogen-bond donors (Lipinski definition) is 2. The Morgan fingerprint density at radius 3 is 2.87 bits per heavy atom. The molecule has 0 radical (unpaired) electrons. The molecular weight excluding hydrogens is 218 g/mol. The summed E-state index contributed by atoms with van der Waals surface area (Å²) in [4.78, 5) is 10.5. The molecule has 1 unspecified atom stereocenters. The molecule has 0 bridgehead atoms. The molecule has 1 aromatic heterocycles. The van der Waals surface area contributed by atoms with Crippen molar-refractivity contribution in [3.8, 4) is 0 Å². The number of nitrogens with zero attached hydrogens (tertiary/aromatic N) is 3. The van der Waals surface area contributed by atoms with E-state index in [1.54, 1.807) is 10.9 Å². The maximum atomic E-state index is 11.7. The summed E-state index contributed by atoms with van der Waals surface area (Å²) in [5.41, 5.74) is 4.80. The summed E-state index contributed by atoms with van der Waals surface area (Å²) in [6, 6.07) is 0.804. The van der Waals surface area contributed by atoms with Crippen LogP contribution >= 0.6 is 0 Å². The zero-order valence-electron chi connectivity index (χ0n) is 7.87. The second-order valence-corrected chi connectivity index (χ2v) is 5.10. The third kappa shape index (κ3) is 2.16. The van der Waals surface area contributed by atoms with E-state index in [2.05, 4.69) is 9.46 Å². The Bertz CT molecular complexity index is 509. The lowest BCUT2D eigenvalue weighted by Gasteiger charge is -1.98. The van der Waals surface area contributed by atoms with Crippen LogP contribution in [0.3, 0.4) is 0 Å². The molecule has 1 aliphatic carbocycles. The van der Waals surface area contributed by atoms with Crippen molar-refractivity contribution < 1.29 is 9.00 Å². The van der Waals surface area contributed by atoms with Gasteiger partial charge >= 0.3 is 6.03 Å². The lowest BCUT2D eigenvalue weighted by molar-refractivity contribution is 0.257. The molecule has 0 aromatic carbocycles. The molecule has 1 aliphatic rings. The van der Waals surface area contributed by atoms with Gasteiger partial charge in [-0.25, -0.2) is 14.1 Å². The van der Waals surface area contributed by atoms with E-state index in [9.17, 15) is 9.00 Å². The highest BCUT2D eigenvalue weighted by Gasteiger charge is 2.25. The molecule has 1 atom stereocenters. The summed E-state index contributed by atoms with van der Waals surface area (Å²) in [7, 11) is -3.28. The first kappa shape index (κ1) is 10.1. The molecule has 2 rings (SSSR count). The number of rotatable bonds is 2. The van der Waals surface area contributed by atoms with E-state index in [0.717, 1.165) is 12.8 Å². The fourth-order valence-corrected chi connectivity index (χ4v) is 2.03. The van der Waals surface area contributed by atoms with Crippen LogP contribution < -0.4 is 10.9 Å². The summed E-state index contributed by atoms with van der Waals surface area (Å²) < 4.78 is 16.5. The number of urea groups is 1. The Morgan fingerprint density at radius 1 is 1.67 bits per heavy atom. The van der Waals surface area contributed by atoms with Crippen LogP contribution in [0.15, 0.2) is 21.7 Å². The fraction of sp³-hybridized carbons (Fsp3) is 0.429. The van der Waals surface area contributed by atoms with Gasteiger partial charge in [0.25, 0.3) is 0 Å². The molecule has 1 saturated carbocycles. The van der Waals surface area contributed by atoms with Crippen molar-refractivity contribution in [3.63, 3.8) is 0 Å². The van der Waals surface area contributed by atoms with E-state index >= 15 is 0 Å². The van der Waals surface area contributed by atoms with Crippen molar-refractivity contribution >= 4 is 15.9 Å². The molecule has 8 heteroatoms. The first-order valence-electron chi connectivity index (χ1n) is 4.38. The van der Waals surface area contributed by atoms with E-state index in [4.69, 9.17) is 10.9 Å². The molecule has 0 aliphatic heterocycles. The van der Waals surface area contributed by atoms with Crippen molar-refractivity contribution in [2.45, 2.75) is 23.9 Å². The molecule has 1 heterocycles. The molecule has 1 fully saturated rings. The maximum Gasteiger partial charge on any atom is 0.347 e. The van der Waals surface area contributed by atoms with Crippen LogP contribution in [0, 0.1) is 0 Å². The summed E-state index contributed by atoms with van der Waals surface area (Å²) in [6.07, 6.45) is 3.79. The van der Waals surface area contributed by atoms with Gasteiger partial charge in [-0.15, -0.1) is 4.36 Å². The number of amides is 2. The minimum atomic E-state index is -3.28. The lowest BCUT2D eigenvalue weighted by atomic mass is 10.7. The Balaban J connectivity index is 2.36. The topological polar surface area (TPSA) is 116 Å². The Labute approximate surface area is 86.7 Å². The molecule has 82 valence electrons. The van der Waals surface area contributed by atoms with Gasteiger partial charge in [0.05, 0.1) is 6.04 Å². The molecule has 0 saturated heterocycles. The third-order valence-corrected chi connectivity index (χ3v) is 3.30. The van der Waals surface area contributed by atoms with Crippen LogP contribution in [0.5, 0.6) is 0 Å². The van der Waals surface area contributed by atoms with Gasteiger partial charge in [0.15, 0.2) is 14.9 Å². The highest BCUT2D eigenvalue weighted by molar-refractivity contribution is 7.91. The number of nitrogens with two attached hydrogens (primary N) is 2. The number of primary amides is 1. The second kappa shape index (κ2) is 3.31. The van der Waals surface area contributed by atoms with Crippen molar-refractivity contribution in [1.29, 1.82) is 0 Å². The van der Waals surface area contributed by atoms with Crippen molar-refractivity contribution in [3.05, 3.63) is 12.3 Å². The number of aromatic nitrogens is 2. The second-order valence-electron chi connectivity index (χ2n) is 3.36. The van der Waals surface area contributed by atoms with Crippen LogP contribution in [0.2, 0.25) is 0 Å². The molecule has 0 spiro atoms. The summed E-state index contributed by atoms with van der Waals surface area (Å²) in [5, 5.41) is 9.46. The largest absolute Gasteiger partial charge is 0.349 e. The SMILES string of the molecule is NC(=O)N=S(N)(=O)c1ccn(C2CC2)n1. The molecule has 1 aromatic rings. The average Bonchev–Trinajstić information content (AvgIpc) is 2.81. The lowest BCUT2D eigenvalue weighted by Crippen LogP contribution is -2.18. The number of hydrogen-bond acceptors (Lipinski definition) is 3. The number of carbonyl (C=O) groups is 1. The third-order valence-electron chi connectivity index (χ3n) is 2.03. The van der Waals surface area contributed by atoms with E-state index in [1.165, 1.54) is 6.07 Å². The Morgan fingerprint density at radius 2 is 2.33 bits per heavy atom. The zero-order chi connectivity index (χ0) is 11.1. The van der Waals surface area contributed by atoms with Crippen LogP contribution in [0.25, 0.3) is 0 Å². The molecule has 15 heavy (non-hydrogen) atoms. The minimum Gasteiger partial charge on any atom is -0.349 e. The van der Waals surface area contributed by atoms with E-state index in [1.807, 2.05) is 0 Å².